The van der Waals surface area contributed by atoms with Crippen LogP contribution in [0.5, 0.6) is 0 Å². The van der Waals surface area contributed by atoms with Crippen LogP contribution in [0.2, 0.25) is 0 Å². The second-order valence-corrected chi connectivity index (χ2v) is 21.0. The molecule has 0 N–H and O–H groups in total. The van der Waals surface area contributed by atoms with Crippen LogP contribution in [0, 0.1) is 0 Å². The Balaban J connectivity index is 0.962. The lowest BCUT2D eigenvalue weighted by Crippen LogP contribution is -2.14. The fourth-order valence-electron chi connectivity index (χ4n) is 12.1. The molecule has 1 aliphatic carbocycles. The molecule has 0 radical (unpaired) electrons. The van der Waals surface area contributed by atoms with Gasteiger partial charge in [0.1, 0.15) is 22.3 Å². The van der Waals surface area contributed by atoms with Crippen molar-refractivity contribution in [1.29, 1.82) is 0 Å². The zero-order valence-corrected chi connectivity index (χ0v) is 41.0. The molecule has 0 amide bonds. The Morgan fingerprint density at radius 1 is 0.342 bits per heavy atom. The first-order valence-corrected chi connectivity index (χ1v) is 25.9. The number of hydrogen-bond acceptors (Lipinski definition) is 4. The summed E-state index contributed by atoms with van der Waals surface area (Å²) in [6.07, 6.45) is 0. The fraction of sp³-hybridized carbons (Fsp3) is 0.0435. The molecule has 11 aromatic carbocycles. The lowest BCUT2D eigenvalue weighted by molar-refractivity contribution is 0.660. The van der Waals surface area contributed by atoms with E-state index >= 15 is 0 Å². The van der Waals surface area contributed by atoms with Crippen LogP contribution in [0.1, 0.15) is 25.0 Å². The molecular weight excluding hydrogens is 907 g/mol. The van der Waals surface area contributed by atoms with E-state index < -0.39 is 0 Å². The number of rotatable bonds is 7. The third-order valence-electron chi connectivity index (χ3n) is 15.5. The smallest absolute Gasteiger partial charge is 0.136 e. The molecule has 15 rings (SSSR count). The molecule has 14 aromatic rings. The van der Waals surface area contributed by atoms with Crippen LogP contribution in [0.25, 0.3) is 120 Å². The summed E-state index contributed by atoms with van der Waals surface area (Å²) in [6.45, 7) is 4.72. The predicted octanol–water partition coefficient (Wildman–Crippen LogP) is 20.3. The van der Waals surface area contributed by atoms with Gasteiger partial charge in [0.25, 0.3) is 0 Å². The summed E-state index contributed by atoms with van der Waals surface area (Å²) in [5.74, 6) is 0. The largest absolute Gasteiger partial charge is 0.456 e. The number of anilines is 3. The van der Waals surface area contributed by atoms with Crippen LogP contribution in [0.4, 0.5) is 17.1 Å². The number of furan rings is 2. The van der Waals surface area contributed by atoms with Gasteiger partial charge in [-0.05, 0) is 141 Å². The SMILES string of the molecule is CC1(C)c2ccccc2-c2ccc(-c3c(-c4ccc5oc6ccccc6c5c4-c4ccc(N(c5ccc(-c6ccccc6)cc5)c5cccc6sc7ccccc7c56)cc4)ccc4oc5ccccc5c34)cc21. The van der Waals surface area contributed by atoms with Gasteiger partial charge in [-0.1, -0.05) is 166 Å². The first-order valence-electron chi connectivity index (χ1n) is 25.1. The number of thiophene rings is 1. The molecule has 1 aliphatic rings. The zero-order chi connectivity index (χ0) is 48.4. The number of hydrogen-bond donors (Lipinski definition) is 0. The van der Waals surface area contributed by atoms with Crippen molar-refractivity contribution in [2.75, 3.05) is 4.90 Å². The molecule has 0 saturated carbocycles. The Kier molecular flexibility index (Phi) is 9.17. The van der Waals surface area contributed by atoms with Gasteiger partial charge in [-0.3, -0.25) is 0 Å². The Bertz CT molecular complexity index is 4520. The summed E-state index contributed by atoms with van der Waals surface area (Å²) in [5.41, 5.74) is 21.1. The van der Waals surface area contributed by atoms with Crippen LogP contribution < -0.4 is 4.90 Å². The van der Waals surface area contributed by atoms with Gasteiger partial charge in [0.05, 0.1) is 5.69 Å². The van der Waals surface area contributed by atoms with Crippen LogP contribution in [0.15, 0.2) is 245 Å². The van der Waals surface area contributed by atoms with E-state index in [2.05, 4.69) is 255 Å². The highest BCUT2D eigenvalue weighted by Crippen LogP contribution is 2.54. The average Bonchev–Trinajstić information content (AvgIpc) is 4.19. The fourth-order valence-corrected chi connectivity index (χ4v) is 13.2. The summed E-state index contributed by atoms with van der Waals surface area (Å²) in [6, 6.07) is 86.2. The molecule has 0 atom stereocenters. The van der Waals surface area contributed by atoms with Gasteiger partial charge in [-0.25, -0.2) is 0 Å². The molecule has 3 aromatic heterocycles. The minimum Gasteiger partial charge on any atom is -0.456 e. The van der Waals surface area contributed by atoms with E-state index in [1.807, 2.05) is 11.3 Å². The molecule has 0 fully saturated rings. The van der Waals surface area contributed by atoms with Gasteiger partial charge in [0.2, 0.25) is 0 Å². The van der Waals surface area contributed by atoms with E-state index in [-0.39, 0.29) is 5.41 Å². The van der Waals surface area contributed by atoms with Gasteiger partial charge in [-0.2, -0.15) is 0 Å². The van der Waals surface area contributed by atoms with Gasteiger partial charge < -0.3 is 13.7 Å². The van der Waals surface area contributed by atoms with Crippen molar-refractivity contribution in [1.82, 2.24) is 0 Å². The average molecular weight is 952 g/mol. The maximum atomic E-state index is 6.71. The van der Waals surface area contributed by atoms with Crippen molar-refractivity contribution < 1.29 is 8.83 Å². The maximum Gasteiger partial charge on any atom is 0.136 e. The van der Waals surface area contributed by atoms with Gasteiger partial charge >= 0.3 is 0 Å². The minimum atomic E-state index is -0.171. The lowest BCUT2D eigenvalue weighted by Gasteiger charge is -2.27. The summed E-state index contributed by atoms with van der Waals surface area (Å²) < 4.78 is 15.9. The van der Waals surface area contributed by atoms with Crippen LogP contribution in [-0.2, 0) is 5.41 Å². The molecule has 0 saturated heterocycles. The Hall–Kier alpha value is -8.96. The topological polar surface area (TPSA) is 29.5 Å². The molecule has 344 valence electrons. The molecule has 0 aliphatic heterocycles. The van der Waals surface area contributed by atoms with Crippen LogP contribution >= 0.6 is 11.3 Å². The van der Waals surface area contributed by atoms with Crippen molar-refractivity contribution in [2.45, 2.75) is 19.3 Å². The number of fused-ring (bicyclic) bond motifs is 12. The van der Waals surface area contributed by atoms with Gasteiger partial charge in [-0.15, -0.1) is 11.3 Å². The van der Waals surface area contributed by atoms with Crippen LogP contribution in [0.3, 0.4) is 0 Å². The lowest BCUT2D eigenvalue weighted by atomic mass is 9.80. The normalized spacial score (nSPS) is 12.9. The highest BCUT2D eigenvalue weighted by atomic mass is 32.1. The summed E-state index contributed by atoms with van der Waals surface area (Å²) in [7, 11) is 0. The van der Waals surface area contributed by atoms with E-state index in [9.17, 15) is 0 Å². The highest BCUT2D eigenvalue weighted by molar-refractivity contribution is 7.26. The number of benzene rings is 11. The third kappa shape index (κ3) is 6.37. The van der Waals surface area contributed by atoms with Gasteiger partial charge in [0.15, 0.2) is 0 Å². The molecular formula is C69H45NO2S. The quantitative estimate of drug-likeness (QED) is 0.159. The minimum absolute atomic E-state index is 0.171. The van der Waals surface area contributed by atoms with E-state index in [0.717, 1.165) is 94.3 Å². The van der Waals surface area contributed by atoms with E-state index in [1.54, 1.807) is 0 Å². The second-order valence-electron chi connectivity index (χ2n) is 19.9. The maximum absolute atomic E-state index is 6.71. The summed E-state index contributed by atoms with van der Waals surface area (Å²) in [5, 5.41) is 6.91. The molecule has 0 spiro atoms. The predicted molar refractivity (Wildman–Crippen MR) is 308 cm³/mol. The van der Waals surface area contributed by atoms with Crippen molar-refractivity contribution in [2.24, 2.45) is 0 Å². The number of para-hydroxylation sites is 2. The van der Waals surface area contributed by atoms with Crippen molar-refractivity contribution in [3.63, 3.8) is 0 Å². The van der Waals surface area contributed by atoms with Gasteiger partial charge in [0, 0.05) is 69.6 Å². The molecule has 0 unspecified atom stereocenters. The Morgan fingerprint density at radius 2 is 0.849 bits per heavy atom. The number of nitrogens with zero attached hydrogens (tertiary/aromatic N) is 1. The third-order valence-corrected chi connectivity index (χ3v) is 16.7. The molecule has 3 heterocycles. The standard InChI is InChI=1S/C69H45NO2S/c1-69(2)55-21-10-6-17-48(55)49-36-31-45(41-56(49)69)65-51(38-40-61-68(65)53-19-8-12-24-59(53)72-61)50-37-39-60-67(52-18-7-11-23-58(52)71-60)64(50)44-29-34-47(35-30-44)70(46-32-27-43(28-33-46)42-15-4-3-5-16-42)57-22-14-26-63-66(57)54-20-9-13-25-62(54)73-63/h3-41H,1-2H3. The monoisotopic (exact) mass is 951 g/mol. The van der Waals surface area contributed by atoms with Crippen molar-refractivity contribution >= 4 is 92.4 Å². The van der Waals surface area contributed by atoms with E-state index in [4.69, 9.17) is 8.83 Å². The Labute approximate surface area is 426 Å². The molecule has 4 heteroatoms. The second kappa shape index (κ2) is 16.0. The summed E-state index contributed by atoms with van der Waals surface area (Å²) >= 11 is 1.85. The van der Waals surface area contributed by atoms with Crippen molar-refractivity contribution in [3.05, 3.63) is 248 Å². The van der Waals surface area contributed by atoms with Crippen molar-refractivity contribution in [3.8, 4) is 55.6 Å². The first-order chi connectivity index (χ1) is 36.0. The zero-order valence-electron chi connectivity index (χ0n) is 40.2. The van der Waals surface area contributed by atoms with Crippen LogP contribution in [-0.4, -0.2) is 0 Å². The Morgan fingerprint density at radius 3 is 1.53 bits per heavy atom. The first kappa shape index (κ1) is 41.8. The molecule has 3 nitrogen and oxygen atoms in total. The highest BCUT2D eigenvalue weighted by Gasteiger charge is 2.36. The molecule has 73 heavy (non-hydrogen) atoms. The molecule has 0 bridgehead atoms. The van der Waals surface area contributed by atoms with E-state index in [0.29, 0.717) is 0 Å². The summed E-state index contributed by atoms with van der Waals surface area (Å²) in [4.78, 5) is 2.43. The van der Waals surface area contributed by atoms with E-state index in [1.165, 1.54) is 53.6 Å².